The van der Waals surface area contributed by atoms with Gasteiger partial charge in [0.2, 0.25) is 5.88 Å². The lowest BCUT2D eigenvalue weighted by molar-refractivity contribution is 0.415. The van der Waals surface area contributed by atoms with Crippen LogP contribution in [0.4, 0.5) is 11.4 Å². The molecule has 2 N–H and O–H groups in total. The molecule has 0 atom stereocenters. The molecular weight excluding hydrogens is 254 g/mol. The number of hydrogen-bond acceptors (Lipinski definition) is 4. The average Bonchev–Trinajstić information content (AvgIpc) is 2.80. The molecule has 0 radical (unpaired) electrons. The maximum absolute atomic E-state index is 9.93. The van der Waals surface area contributed by atoms with E-state index < -0.39 is 0 Å². The molecule has 0 saturated heterocycles. The molecule has 5 heteroatoms. The van der Waals surface area contributed by atoms with Crippen molar-refractivity contribution in [3.8, 4) is 11.6 Å². The summed E-state index contributed by atoms with van der Waals surface area (Å²) in [6.45, 7) is 0. The van der Waals surface area contributed by atoms with Gasteiger partial charge >= 0.3 is 0 Å². The van der Waals surface area contributed by atoms with Crippen molar-refractivity contribution in [1.29, 1.82) is 0 Å². The summed E-state index contributed by atoms with van der Waals surface area (Å²) in [5, 5.41) is 18.9. The second kappa shape index (κ2) is 5.05. The smallest absolute Gasteiger partial charge is 0.218 e. The Labute approximate surface area is 115 Å². The number of rotatable bonds is 3. The van der Waals surface area contributed by atoms with Crippen LogP contribution in [-0.2, 0) is 0 Å². The third-order valence-corrected chi connectivity index (χ3v) is 2.98. The molecule has 0 fully saturated rings. The van der Waals surface area contributed by atoms with Gasteiger partial charge in [0.15, 0.2) is 5.69 Å². The van der Waals surface area contributed by atoms with Crippen molar-refractivity contribution in [3.63, 3.8) is 0 Å². The number of nitrogens with zero attached hydrogens (tertiary/aromatic N) is 2. The molecule has 0 aliphatic carbocycles. The van der Waals surface area contributed by atoms with E-state index in [1.165, 1.54) is 0 Å². The van der Waals surface area contributed by atoms with Crippen molar-refractivity contribution in [1.82, 2.24) is 4.98 Å². The summed E-state index contributed by atoms with van der Waals surface area (Å²) in [4.78, 5) is 2.86. The van der Waals surface area contributed by atoms with Gasteiger partial charge in [-0.15, -0.1) is 5.11 Å². The number of aromatic hydroxyl groups is 1. The summed E-state index contributed by atoms with van der Waals surface area (Å²) in [6.07, 6.45) is 0. The summed E-state index contributed by atoms with van der Waals surface area (Å²) < 4.78 is 5.18. The largest absolute Gasteiger partial charge is 0.497 e. The van der Waals surface area contributed by atoms with E-state index in [-0.39, 0.29) is 5.88 Å². The Morgan fingerprint density at radius 2 is 1.85 bits per heavy atom. The fourth-order valence-corrected chi connectivity index (χ4v) is 1.97. The van der Waals surface area contributed by atoms with Crippen LogP contribution in [-0.4, -0.2) is 17.2 Å². The van der Waals surface area contributed by atoms with Crippen molar-refractivity contribution in [3.05, 3.63) is 48.5 Å². The molecule has 0 unspecified atom stereocenters. The monoisotopic (exact) mass is 267 g/mol. The molecule has 0 aliphatic rings. The Bertz CT molecular complexity index is 763. The third-order valence-electron chi connectivity index (χ3n) is 2.98. The van der Waals surface area contributed by atoms with Crippen LogP contribution in [0.1, 0.15) is 0 Å². The lowest BCUT2D eigenvalue weighted by Gasteiger charge is -1.98. The van der Waals surface area contributed by atoms with Gasteiger partial charge in [-0.05, 0) is 30.3 Å². The van der Waals surface area contributed by atoms with Crippen molar-refractivity contribution in [2.45, 2.75) is 0 Å². The quantitative estimate of drug-likeness (QED) is 0.694. The van der Waals surface area contributed by atoms with E-state index in [1.807, 2.05) is 48.5 Å². The fourth-order valence-electron chi connectivity index (χ4n) is 1.97. The number of hydrogen-bond donors (Lipinski definition) is 2. The molecule has 1 heterocycles. The van der Waals surface area contributed by atoms with E-state index in [0.717, 1.165) is 16.6 Å². The molecule has 0 bridgehead atoms. The maximum atomic E-state index is 9.93. The maximum Gasteiger partial charge on any atom is 0.218 e. The predicted molar refractivity (Wildman–Crippen MR) is 77.1 cm³/mol. The van der Waals surface area contributed by atoms with Crippen LogP contribution in [0.5, 0.6) is 11.6 Å². The van der Waals surface area contributed by atoms with Crippen molar-refractivity contribution in [2.75, 3.05) is 7.11 Å². The van der Waals surface area contributed by atoms with Gasteiger partial charge < -0.3 is 14.8 Å². The molecule has 0 aliphatic heterocycles. The number of ether oxygens (including phenoxy) is 1. The van der Waals surface area contributed by atoms with E-state index >= 15 is 0 Å². The van der Waals surface area contributed by atoms with E-state index in [2.05, 4.69) is 15.2 Å². The normalized spacial score (nSPS) is 11.2. The zero-order valence-electron chi connectivity index (χ0n) is 10.9. The number of benzene rings is 2. The van der Waals surface area contributed by atoms with Gasteiger partial charge in [-0.3, -0.25) is 0 Å². The average molecular weight is 267 g/mol. The molecule has 0 spiro atoms. The Balaban J connectivity index is 2.06. The number of H-pyrrole nitrogens is 1. The highest BCUT2D eigenvalue weighted by Crippen LogP contribution is 2.37. The van der Waals surface area contributed by atoms with Crippen LogP contribution in [0.3, 0.4) is 0 Å². The summed E-state index contributed by atoms with van der Waals surface area (Å²) in [5.74, 6) is 0.695. The van der Waals surface area contributed by atoms with E-state index in [9.17, 15) is 5.11 Å². The molecule has 0 saturated carbocycles. The zero-order chi connectivity index (χ0) is 13.9. The second-order valence-electron chi connectivity index (χ2n) is 4.27. The highest BCUT2D eigenvalue weighted by atomic mass is 16.5. The number of methoxy groups -OCH3 is 1. The summed E-state index contributed by atoms with van der Waals surface area (Å²) >= 11 is 0. The molecule has 0 amide bonds. The van der Waals surface area contributed by atoms with Gasteiger partial charge in [-0.2, -0.15) is 5.11 Å². The minimum Gasteiger partial charge on any atom is -0.497 e. The van der Waals surface area contributed by atoms with Gasteiger partial charge in [-0.1, -0.05) is 18.2 Å². The lowest BCUT2D eigenvalue weighted by Crippen LogP contribution is -1.80. The standard InChI is InChI=1S/C15H13N3O2/c1-20-11-7-8-13-12(9-11)14(15(19)16-13)18-17-10-5-3-2-4-6-10/h2-9,16,19H,1H3. The van der Waals surface area contributed by atoms with Crippen LogP contribution in [0.2, 0.25) is 0 Å². The van der Waals surface area contributed by atoms with Crippen molar-refractivity contribution >= 4 is 22.3 Å². The highest BCUT2D eigenvalue weighted by molar-refractivity contribution is 5.95. The van der Waals surface area contributed by atoms with Crippen molar-refractivity contribution < 1.29 is 9.84 Å². The summed E-state index contributed by atoms with van der Waals surface area (Å²) in [6, 6.07) is 14.8. The van der Waals surface area contributed by atoms with E-state index in [4.69, 9.17) is 4.74 Å². The molecule has 1 aromatic heterocycles. The molecule has 5 nitrogen and oxygen atoms in total. The van der Waals surface area contributed by atoms with E-state index in [1.54, 1.807) is 7.11 Å². The first-order valence-corrected chi connectivity index (χ1v) is 6.13. The van der Waals surface area contributed by atoms with Gasteiger partial charge in [0, 0.05) is 5.39 Å². The molecule has 3 aromatic rings. The second-order valence-corrected chi connectivity index (χ2v) is 4.27. The molecule has 20 heavy (non-hydrogen) atoms. The van der Waals surface area contributed by atoms with Crippen LogP contribution >= 0.6 is 0 Å². The minimum atomic E-state index is -0.00654. The van der Waals surface area contributed by atoms with Gasteiger partial charge in [0.1, 0.15) is 5.75 Å². The van der Waals surface area contributed by atoms with Crippen molar-refractivity contribution in [2.24, 2.45) is 10.2 Å². The van der Waals surface area contributed by atoms with Gasteiger partial charge in [-0.25, -0.2) is 0 Å². The van der Waals surface area contributed by atoms with Gasteiger partial charge in [0.05, 0.1) is 18.3 Å². The first-order chi connectivity index (χ1) is 9.78. The van der Waals surface area contributed by atoms with Gasteiger partial charge in [0.25, 0.3) is 0 Å². The third kappa shape index (κ3) is 2.21. The number of fused-ring (bicyclic) bond motifs is 1. The Kier molecular flexibility index (Phi) is 3.09. The zero-order valence-corrected chi connectivity index (χ0v) is 10.9. The fraction of sp³-hybridized carbons (Fsp3) is 0.0667. The molecule has 100 valence electrons. The number of azo groups is 1. The van der Waals surface area contributed by atoms with Crippen LogP contribution < -0.4 is 4.74 Å². The topological polar surface area (TPSA) is 70.0 Å². The number of aromatic amines is 1. The Hall–Kier alpha value is -2.82. The summed E-state index contributed by atoms with van der Waals surface area (Å²) in [7, 11) is 1.60. The number of nitrogens with one attached hydrogen (secondary N) is 1. The Morgan fingerprint density at radius 1 is 1.05 bits per heavy atom. The Morgan fingerprint density at radius 3 is 2.60 bits per heavy atom. The first kappa shape index (κ1) is 12.2. The highest BCUT2D eigenvalue weighted by Gasteiger charge is 2.11. The summed E-state index contributed by atoms with van der Waals surface area (Å²) in [5.41, 5.74) is 1.91. The van der Waals surface area contributed by atoms with Crippen LogP contribution in [0.15, 0.2) is 58.8 Å². The predicted octanol–water partition coefficient (Wildman–Crippen LogP) is 4.30. The first-order valence-electron chi connectivity index (χ1n) is 6.13. The van der Waals surface area contributed by atoms with Crippen LogP contribution in [0.25, 0.3) is 10.9 Å². The molecule has 2 aromatic carbocycles. The molecular formula is C15H13N3O2. The van der Waals surface area contributed by atoms with Crippen LogP contribution in [0, 0.1) is 0 Å². The number of aromatic nitrogens is 1. The minimum absolute atomic E-state index is 0.00654. The lowest BCUT2D eigenvalue weighted by atomic mass is 10.2. The van der Waals surface area contributed by atoms with E-state index in [0.29, 0.717) is 11.4 Å². The molecule has 3 rings (SSSR count). The SMILES string of the molecule is COc1ccc2[nH]c(O)c(N=Nc3ccccc3)c2c1.